The normalized spacial score (nSPS) is 38.9. The van der Waals surface area contributed by atoms with Crippen LogP contribution in [0.25, 0.3) is 0 Å². The summed E-state index contributed by atoms with van der Waals surface area (Å²) < 4.78 is 1.07. The fraction of sp³-hybridized carbons (Fsp3) is 0.765. The average molecular weight is 389 g/mol. The highest BCUT2D eigenvalue weighted by Crippen LogP contribution is 2.62. The second kappa shape index (κ2) is 5.51. The summed E-state index contributed by atoms with van der Waals surface area (Å²) in [7, 11) is 2.10. The SMILES string of the molecule is CNC(CC12CC3CC(CC(C3)C1)C2)c1cc(Cl)c(Br)s1. The monoisotopic (exact) mass is 387 g/mol. The number of hydrogen-bond donors (Lipinski definition) is 1. The standard InChI is InChI=1S/C17H23BrClNS/c1-20-14(15-5-13(19)16(18)21-15)9-17-6-10-2-11(7-17)4-12(3-10)8-17/h5,10-12,14,20H,2-4,6-9H2,1H3. The first-order valence-corrected chi connectivity index (χ1v) is 10.2. The van der Waals surface area contributed by atoms with Crippen LogP contribution in [0.2, 0.25) is 5.02 Å². The molecule has 0 aliphatic heterocycles. The molecular weight excluding hydrogens is 366 g/mol. The molecule has 4 heteroatoms. The van der Waals surface area contributed by atoms with Gasteiger partial charge in [-0.25, -0.2) is 0 Å². The number of rotatable bonds is 4. The summed E-state index contributed by atoms with van der Waals surface area (Å²) in [6.07, 6.45) is 10.3. The smallest absolute Gasteiger partial charge is 0.0887 e. The van der Waals surface area contributed by atoms with Crippen LogP contribution >= 0.6 is 38.9 Å². The molecule has 1 aromatic heterocycles. The Kier molecular flexibility index (Phi) is 3.93. The Morgan fingerprint density at radius 2 is 1.86 bits per heavy atom. The minimum absolute atomic E-state index is 0.468. The predicted molar refractivity (Wildman–Crippen MR) is 94.1 cm³/mol. The highest BCUT2D eigenvalue weighted by molar-refractivity contribution is 9.11. The van der Waals surface area contributed by atoms with Gasteiger partial charge in [0.2, 0.25) is 0 Å². The maximum atomic E-state index is 6.24. The fourth-order valence-corrected chi connectivity index (χ4v) is 7.71. The predicted octanol–water partition coefficient (Wildman–Crippen LogP) is 6.03. The summed E-state index contributed by atoms with van der Waals surface area (Å²) in [4.78, 5) is 1.39. The maximum absolute atomic E-state index is 6.24. The third kappa shape index (κ3) is 2.73. The maximum Gasteiger partial charge on any atom is 0.0887 e. The van der Waals surface area contributed by atoms with Crippen molar-refractivity contribution in [3.05, 3.63) is 19.8 Å². The van der Waals surface area contributed by atoms with Gasteiger partial charge in [-0.05, 0) is 97.2 Å². The number of thiophene rings is 1. The quantitative estimate of drug-likeness (QED) is 0.664. The Labute approximate surface area is 145 Å². The van der Waals surface area contributed by atoms with Gasteiger partial charge in [-0.3, -0.25) is 0 Å². The van der Waals surface area contributed by atoms with Gasteiger partial charge in [0.15, 0.2) is 0 Å². The number of hydrogen-bond acceptors (Lipinski definition) is 2. The molecule has 1 heterocycles. The molecule has 1 N–H and O–H groups in total. The summed E-state index contributed by atoms with van der Waals surface area (Å²) in [5.74, 6) is 3.10. The van der Waals surface area contributed by atoms with Gasteiger partial charge in [-0.1, -0.05) is 11.6 Å². The first kappa shape index (κ1) is 15.0. The molecular formula is C17H23BrClNS. The largest absolute Gasteiger partial charge is 0.312 e. The molecule has 5 rings (SSSR count). The van der Waals surface area contributed by atoms with Crippen molar-refractivity contribution in [1.29, 1.82) is 0 Å². The van der Waals surface area contributed by atoms with E-state index >= 15 is 0 Å². The molecule has 0 radical (unpaired) electrons. The summed E-state index contributed by atoms with van der Waals surface area (Å²) in [5.41, 5.74) is 0.616. The Bertz CT molecular complexity index is 486. The lowest BCUT2D eigenvalue weighted by Crippen LogP contribution is -2.47. The van der Waals surface area contributed by atoms with E-state index in [9.17, 15) is 0 Å². The zero-order chi connectivity index (χ0) is 14.6. The van der Waals surface area contributed by atoms with Crippen molar-refractivity contribution in [1.82, 2.24) is 5.32 Å². The first-order valence-electron chi connectivity index (χ1n) is 8.19. The minimum atomic E-state index is 0.468. The highest BCUT2D eigenvalue weighted by Gasteiger charge is 2.51. The van der Waals surface area contributed by atoms with E-state index in [1.165, 1.54) is 49.8 Å². The average Bonchev–Trinajstić information content (AvgIpc) is 2.74. The lowest BCUT2D eigenvalue weighted by Gasteiger charge is -2.57. The van der Waals surface area contributed by atoms with Crippen LogP contribution in [0.3, 0.4) is 0 Å². The Morgan fingerprint density at radius 3 is 2.29 bits per heavy atom. The van der Waals surface area contributed by atoms with Gasteiger partial charge in [-0.15, -0.1) is 11.3 Å². The van der Waals surface area contributed by atoms with Gasteiger partial charge in [0.05, 0.1) is 8.81 Å². The van der Waals surface area contributed by atoms with Crippen LogP contribution in [0.4, 0.5) is 0 Å². The van der Waals surface area contributed by atoms with E-state index in [-0.39, 0.29) is 0 Å². The zero-order valence-corrected chi connectivity index (χ0v) is 15.7. The van der Waals surface area contributed by atoms with Gasteiger partial charge < -0.3 is 5.32 Å². The van der Waals surface area contributed by atoms with E-state index in [2.05, 4.69) is 34.4 Å². The van der Waals surface area contributed by atoms with Gasteiger partial charge in [0, 0.05) is 10.9 Å². The first-order chi connectivity index (χ1) is 10.1. The second-order valence-corrected chi connectivity index (χ2v) is 10.5. The van der Waals surface area contributed by atoms with Crippen LogP contribution in [0.1, 0.15) is 55.9 Å². The Morgan fingerprint density at radius 1 is 1.29 bits per heavy atom. The van der Waals surface area contributed by atoms with E-state index < -0.39 is 0 Å². The summed E-state index contributed by atoms with van der Waals surface area (Å²) in [5, 5.41) is 4.43. The van der Waals surface area contributed by atoms with E-state index in [0.29, 0.717) is 11.5 Å². The minimum Gasteiger partial charge on any atom is -0.312 e. The summed E-state index contributed by atoms with van der Waals surface area (Å²) >= 11 is 11.6. The lowest BCUT2D eigenvalue weighted by atomic mass is 9.48. The molecule has 116 valence electrons. The number of nitrogens with one attached hydrogen (secondary N) is 1. The van der Waals surface area contributed by atoms with E-state index in [1.807, 2.05) is 0 Å². The molecule has 0 saturated heterocycles. The lowest BCUT2D eigenvalue weighted by molar-refractivity contribution is -0.0618. The van der Waals surface area contributed by atoms with E-state index in [4.69, 9.17) is 11.6 Å². The van der Waals surface area contributed by atoms with Gasteiger partial charge in [0.1, 0.15) is 0 Å². The van der Waals surface area contributed by atoms with Crippen LogP contribution in [0, 0.1) is 23.2 Å². The molecule has 4 aliphatic rings. The zero-order valence-electron chi connectivity index (χ0n) is 12.5. The molecule has 21 heavy (non-hydrogen) atoms. The van der Waals surface area contributed by atoms with E-state index in [1.54, 1.807) is 11.3 Å². The van der Waals surface area contributed by atoms with Crippen LogP contribution in [-0.2, 0) is 0 Å². The van der Waals surface area contributed by atoms with E-state index in [0.717, 1.165) is 26.6 Å². The molecule has 0 spiro atoms. The molecule has 1 aromatic rings. The van der Waals surface area contributed by atoms with Crippen LogP contribution in [0.15, 0.2) is 9.85 Å². The van der Waals surface area contributed by atoms with Gasteiger partial charge >= 0.3 is 0 Å². The molecule has 1 unspecified atom stereocenters. The molecule has 4 saturated carbocycles. The molecule has 0 aromatic carbocycles. The molecule has 4 bridgehead atoms. The van der Waals surface area contributed by atoms with Crippen molar-refractivity contribution < 1.29 is 0 Å². The third-order valence-corrected chi connectivity index (χ3v) is 8.75. The van der Waals surface area contributed by atoms with Crippen molar-refractivity contribution in [3.63, 3.8) is 0 Å². The molecule has 1 atom stereocenters. The highest BCUT2D eigenvalue weighted by atomic mass is 79.9. The third-order valence-electron chi connectivity index (χ3n) is 6.16. The van der Waals surface area contributed by atoms with Crippen molar-refractivity contribution in [2.45, 2.75) is 51.0 Å². The van der Waals surface area contributed by atoms with Crippen LogP contribution in [-0.4, -0.2) is 7.05 Å². The van der Waals surface area contributed by atoms with Crippen molar-refractivity contribution in [3.8, 4) is 0 Å². The second-order valence-electron chi connectivity index (χ2n) is 7.73. The summed E-state index contributed by atoms with van der Waals surface area (Å²) in [6.45, 7) is 0. The number of halogens is 2. The van der Waals surface area contributed by atoms with Crippen molar-refractivity contribution in [2.75, 3.05) is 7.05 Å². The van der Waals surface area contributed by atoms with Gasteiger partial charge in [-0.2, -0.15) is 0 Å². The topological polar surface area (TPSA) is 12.0 Å². The molecule has 4 aliphatic carbocycles. The fourth-order valence-electron chi connectivity index (χ4n) is 5.85. The van der Waals surface area contributed by atoms with Crippen molar-refractivity contribution in [2.24, 2.45) is 23.2 Å². The summed E-state index contributed by atoms with van der Waals surface area (Å²) in [6, 6.07) is 2.62. The van der Waals surface area contributed by atoms with Crippen LogP contribution < -0.4 is 5.32 Å². The molecule has 4 fully saturated rings. The Hall–Kier alpha value is 0.430. The molecule has 1 nitrogen and oxygen atoms in total. The molecule has 0 amide bonds. The van der Waals surface area contributed by atoms with Gasteiger partial charge in [0.25, 0.3) is 0 Å². The Balaban J connectivity index is 1.56. The van der Waals surface area contributed by atoms with Crippen molar-refractivity contribution >= 4 is 38.9 Å². The van der Waals surface area contributed by atoms with Crippen LogP contribution in [0.5, 0.6) is 0 Å².